The van der Waals surface area contributed by atoms with Crippen molar-refractivity contribution in [2.75, 3.05) is 0 Å². The van der Waals surface area contributed by atoms with Gasteiger partial charge >= 0.3 is 0 Å². The zero-order chi connectivity index (χ0) is 7.71. The molecule has 10 heavy (non-hydrogen) atoms. The van der Waals surface area contributed by atoms with Crippen LogP contribution in [0.1, 0.15) is 0 Å². The first-order valence-corrected chi connectivity index (χ1v) is 4.38. The summed E-state index contributed by atoms with van der Waals surface area (Å²) in [4.78, 5) is 37.3. The first-order chi connectivity index (χ1) is 3.71. The summed E-state index contributed by atoms with van der Waals surface area (Å²) in [5.41, 5.74) is 0. The van der Waals surface area contributed by atoms with Crippen LogP contribution < -0.4 is 19.6 Å². The van der Waals surface area contributed by atoms with Gasteiger partial charge in [0.1, 0.15) is 0 Å². The molecule has 0 rings (SSSR count). The van der Waals surface area contributed by atoms with E-state index in [0.29, 0.717) is 0 Å². The van der Waals surface area contributed by atoms with Gasteiger partial charge in [0.05, 0.1) is 15.6 Å². The number of rotatable bonds is 2. The molecule has 0 fully saturated rings. The van der Waals surface area contributed by atoms with Crippen molar-refractivity contribution in [3.8, 4) is 0 Å². The van der Waals surface area contributed by atoms with Crippen molar-refractivity contribution in [3.63, 3.8) is 0 Å². The van der Waals surface area contributed by atoms with Crippen molar-refractivity contribution >= 4 is 15.6 Å². The van der Waals surface area contributed by atoms with Crippen LogP contribution >= 0.6 is 15.6 Å². The second kappa shape index (κ2) is 3.95. The molecule has 7 nitrogen and oxygen atoms in total. The van der Waals surface area contributed by atoms with Crippen LogP contribution in [0.5, 0.6) is 0 Å². The van der Waals surface area contributed by atoms with Gasteiger partial charge < -0.3 is 33.0 Å². The number of hydrogen-bond acceptors (Lipinski definition) is 7. The maximum Gasteiger partial charge on any atom is 0.0655 e. The average molecular weight is 233 g/mol. The Bertz CT molecular complexity index is 152. The van der Waals surface area contributed by atoms with E-state index in [2.05, 4.69) is 4.31 Å². The van der Waals surface area contributed by atoms with E-state index in [1.165, 1.54) is 0 Å². The van der Waals surface area contributed by atoms with E-state index < -0.39 is 15.6 Å². The third kappa shape index (κ3) is 11.5. The maximum absolute atomic E-state index is 9.32. The van der Waals surface area contributed by atoms with E-state index in [1.54, 1.807) is 0 Å². The van der Waals surface area contributed by atoms with Crippen molar-refractivity contribution in [3.05, 3.63) is 0 Å². The fourth-order valence-electron chi connectivity index (χ4n) is 0.122. The second-order valence-corrected chi connectivity index (χ2v) is 3.42. The van der Waals surface area contributed by atoms with Crippen molar-refractivity contribution in [2.45, 2.75) is 0 Å². The molecule has 0 aliphatic carbocycles. The van der Waals surface area contributed by atoms with Crippen LogP contribution in [-0.4, -0.2) is 0 Å². The molecule has 10 heteroatoms. The van der Waals surface area contributed by atoms with Gasteiger partial charge in [0.2, 0.25) is 0 Å². The van der Waals surface area contributed by atoms with E-state index in [1.807, 2.05) is 0 Å². The standard InChI is InChI=1S/Ni.H4O7P2/c;1-8(2,3)7-9(4,5)6/h;(H2,1,2,3)(H2,4,5,6)/p-4. The molecule has 0 amide bonds. The molecule has 0 atom stereocenters. The normalized spacial score (nSPS) is 12.4. The largest absolute Gasteiger partial charge is 0.790 e. The van der Waals surface area contributed by atoms with Gasteiger partial charge in [-0.1, -0.05) is 0 Å². The molecular formula is NiO7P2-4. The fourth-order valence-corrected chi connectivity index (χ4v) is 1.10. The molecule has 0 aromatic carbocycles. The third-order valence-electron chi connectivity index (χ3n) is 0.200. The molecule has 0 heterocycles. The van der Waals surface area contributed by atoms with Crippen LogP contribution in [0.2, 0.25) is 0 Å². The van der Waals surface area contributed by atoms with Gasteiger partial charge in [-0.05, 0) is 0 Å². The maximum atomic E-state index is 9.32. The Morgan fingerprint density at radius 1 is 0.900 bits per heavy atom. The third-order valence-corrected chi connectivity index (χ3v) is 1.80. The summed E-state index contributed by atoms with van der Waals surface area (Å²) in [5, 5.41) is 0. The second-order valence-electron chi connectivity index (χ2n) is 0.976. The van der Waals surface area contributed by atoms with E-state index in [9.17, 15) is 28.7 Å². The Morgan fingerprint density at radius 2 is 1.10 bits per heavy atom. The molecule has 66 valence electrons. The summed E-state index contributed by atoms with van der Waals surface area (Å²) in [7, 11) is -11.4. The van der Waals surface area contributed by atoms with Gasteiger partial charge in [-0.2, -0.15) is 0 Å². The van der Waals surface area contributed by atoms with Gasteiger partial charge in [-0.3, -0.25) is 0 Å². The molecule has 0 aromatic heterocycles. The quantitative estimate of drug-likeness (QED) is 0.358. The van der Waals surface area contributed by atoms with Gasteiger partial charge in [0.15, 0.2) is 0 Å². The van der Waals surface area contributed by atoms with Crippen molar-refractivity contribution in [1.29, 1.82) is 0 Å². The van der Waals surface area contributed by atoms with Crippen LogP contribution in [-0.2, 0) is 29.9 Å². The zero-order valence-electron chi connectivity index (χ0n) is 4.07. The van der Waals surface area contributed by atoms with Crippen molar-refractivity contribution in [1.82, 2.24) is 0 Å². The predicted octanol–water partition coefficient (Wildman–Crippen LogP) is -3.34. The molecular weight excluding hydrogens is 233 g/mol. The fraction of sp³-hybridized carbons (Fsp3) is 0. The van der Waals surface area contributed by atoms with Crippen molar-refractivity contribution in [2.24, 2.45) is 0 Å². The summed E-state index contributed by atoms with van der Waals surface area (Å²) >= 11 is 0. The van der Waals surface area contributed by atoms with Crippen LogP contribution in [0, 0.1) is 0 Å². The molecule has 0 saturated carbocycles. The molecule has 0 unspecified atom stereocenters. The zero-order valence-corrected chi connectivity index (χ0v) is 6.84. The summed E-state index contributed by atoms with van der Waals surface area (Å²) < 4.78 is 21.2. The van der Waals surface area contributed by atoms with Crippen molar-refractivity contribution < 1.29 is 49.5 Å². The van der Waals surface area contributed by atoms with E-state index in [4.69, 9.17) is 0 Å². The van der Waals surface area contributed by atoms with Gasteiger partial charge in [-0.25, -0.2) is 0 Å². The summed E-state index contributed by atoms with van der Waals surface area (Å²) in [6.45, 7) is 0. The Hall–Kier alpha value is 0.754. The summed E-state index contributed by atoms with van der Waals surface area (Å²) in [6, 6.07) is 0. The van der Waals surface area contributed by atoms with E-state index >= 15 is 0 Å². The SMILES string of the molecule is O=P([O-])([O-])OP(=O)([O-])[O-].[Ni]. The Kier molecular flexibility index (Phi) is 5.27. The minimum Gasteiger partial charge on any atom is -0.790 e. The summed E-state index contributed by atoms with van der Waals surface area (Å²) in [6.07, 6.45) is 0. The molecule has 0 radical (unpaired) electrons. The Morgan fingerprint density at radius 3 is 1.10 bits per heavy atom. The van der Waals surface area contributed by atoms with Gasteiger partial charge in [0.25, 0.3) is 0 Å². The van der Waals surface area contributed by atoms with Gasteiger partial charge in [0, 0.05) is 16.5 Å². The first-order valence-electron chi connectivity index (χ1n) is 1.46. The Balaban J connectivity index is 0. The van der Waals surface area contributed by atoms with Gasteiger partial charge in [-0.15, -0.1) is 0 Å². The van der Waals surface area contributed by atoms with Crippen LogP contribution in [0.4, 0.5) is 0 Å². The van der Waals surface area contributed by atoms with Crippen LogP contribution in [0.25, 0.3) is 0 Å². The average Bonchev–Trinajstić information content (AvgIpc) is 1.14. The minimum atomic E-state index is -5.68. The topological polar surface area (TPSA) is 136 Å². The molecule has 0 saturated heterocycles. The van der Waals surface area contributed by atoms with E-state index in [-0.39, 0.29) is 16.5 Å². The molecule has 0 spiro atoms. The first kappa shape index (κ1) is 13.4. The molecule has 0 bridgehead atoms. The van der Waals surface area contributed by atoms with Crippen LogP contribution in [0.15, 0.2) is 0 Å². The number of hydrogen-bond donors (Lipinski definition) is 0. The summed E-state index contributed by atoms with van der Waals surface area (Å²) in [5.74, 6) is 0. The molecule has 0 aliphatic rings. The number of phosphoric acid groups is 2. The minimum absolute atomic E-state index is 0. The smallest absolute Gasteiger partial charge is 0.0655 e. The monoisotopic (exact) mass is 232 g/mol. The molecule has 0 aromatic rings. The Labute approximate surface area is 65.8 Å². The molecule has 0 aliphatic heterocycles. The van der Waals surface area contributed by atoms with Crippen LogP contribution in [0.3, 0.4) is 0 Å². The molecule has 0 N–H and O–H groups in total. The predicted molar refractivity (Wildman–Crippen MR) is 16.3 cm³/mol. The van der Waals surface area contributed by atoms with E-state index in [0.717, 1.165) is 0 Å².